The zero-order valence-electron chi connectivity index (χ0n) is 14.3. The lowest BCUT2D eigenvalue weighted by Crippen LogP contribution is -2.34. The molecule has 1 N–H and O–H groups in total. The molecule has 2 heterocycles. The molecule has 0 saturated carbocycles. The van der Waals surface area contributed by atoms with Gasteiger partial charge in [-0.05, 0) is 12.1 Å². The highest BCUT2D eigenvalue weighted by molar-refractivity contribution is 6.30. The van der Waals surface area contributed by atoms with Gasteiger partial charge < -0.3 is 10.2 Å². The van der Waals surface area contributed by atoms with Crippen LogP contribution in [0.4, 0.5) is 9.18 Å². The lowest BCUT2D eigenvalue weighted by Gasteiger charge is -2.27. The van der Waals surface area contributed by atoms with Crippen molar-refractivity contribution < 1.29 is 9.18 Å². The van der Waals surface area contributed by atoms with E-state index in [0.717, 1.165) is 24.5 Å². The summed E-state index contributed by atoms with van der Waals surface area (Å²) in [5, 5.41) is 7.47. The Bertz CT molecular complexity index is 776. The molecular formula is C17H21ClFN5O. The van der Waals surface area contributed by atoms with E-state index < -0.39 is 0 Å². The predicted octanol–water partition coefficient (Wildman–Crippen LogP) is 2.46. The fraction of sp³-hybridized carbons (Fsp3) is 0.412. The van der Waals surface area contributed by atoms with Crippen molar-refractivity contribution in [3.8, 4) is 0 Å². The number of rotatable bonds is 4. The van der Waals surface area contributed by atoms with Crippen molar-refractivity contribution >= 4 is 17.6 Å². The molecule has 0 bridgehead atoms. The molecule has 2 aromatic rings. The van der Waals surface area contributed by atoms with E-state index >= 15 is 0 Å². The Hall–Kier alpha value is -2.12. The lowest BCUT2D eigenvalue weighted by atomic mass is 10.2. The van der Waals surface area contributed by atoms with Crippen LogP contribution in [0.25, 0.3) is 0 Å². The van der Waals surface area contributed by atoms with Gasteiger partial charge in [-0.15, -0.1) is 0 Å². The number of hydrogen-bond acceptors (Lipinski definition) is 3. The van der Waals surface area contributed by atoms with E-state index in [1.54, 1.807) is 32.3 Å². The van der Waals surface area contributed by atoms with Crippen LogP contribution in [0.5, 0.6) is 0 Å². The van der Waals surface area contributed by atoms with E-state index in [4.69, 9.17) is 11.6 Å². The Morgan fingerprint density at radius 1 is 1.40 bits per heavy atom. The Morgan fingerprint density at radius 3 is 2.96 bits per heavy atom. The Morgan fingerprint density at radius 2 is 2.20 bits per heavy atom. The standard InChI is InChI=1S/C17H21ClFN5O/c1-22(2)17(25)20-9-13-8-14-11-23(6-7-24(14)21-13)10-12-4-3-5-15(18)16(12)19/h3-5,8H,6-7,9-11H2,1-2H3,(H,20,25). The SMILES string of the molecule is CN(C)C(=O)NCc1cc2n(n1)CCN(Cc1cccc(Cl)c1F)C2. The van der Waals surface area contributed by atoms with Gasteiger partial charge in [0, 0.05) is 39.3 Å². The second-order valence-corrected chi connectivity index (χ2v) is 6.73. The van der Waals surface area contributed by atoms with Crippen molar-refractivity contribution in [1.82, 2.24) is 24.9 Å². The summed E-state index contributed by atoms with van der Waals surface area (Å²) in [5.41, 5.74) is 2.47. The smallest absolute Gasteiger partial charge is 0.317 e. The molecule has 0 radical (unpaired) electrons. The molecule has 0 saturated heterocycles. The van der Waals surface area contributed by atoms with Crippen LogP contribution in [0.3, 0.4) is 0 Å². The van der Waals surface area contributed by atoms with E-state index in [2.05, 4.69) is 15.3 Å². The normalized spacial score (nSPS) is 14.2. The van der Waals surface area contributed by atoms with Crippen LogP contribution in [0.2, 0.25) is 5.02 Å². The van der Waals surface area contributed by atoms with Crippen LogP contribution in [0.1, 0.15) is 17.0 Å². The summed E-state index contributed by atoms with van der Waals surface area (Å²) < 4.78 is 16.0. The van der Waals surface area contributed by atoms with Gasteiger partial charge >= 0.3 is 6.03 Å². The molecule has 2 amide bonds. The lowest BCUT2D eigenvalue weighted by molar-refractivity contribution is 0.202. The summed E-state index contributed by atoms with van der Waals surface area (Å²) in [6.45, 7) is 3.09. The van der Waals surface area contributed by atoms with Crippen molar-refractivity contribution in [1.29, 1.82) is 0 Å². The highest BCUT2D eigenvalue weighted by atomic mass is 35.5. The molecule has 0 spiro atoms. The molecule has 25 heavy (non-hydrogen) atoms. The highest BCUT2D eigenvalue weighted by Crippen LogP contribution is 2.21. The van der Waals surface area contributed by atoms with Crippen LogP contribution < -0.4 is 5.32 Å². The molecule has 0 atom stereocenters. The zero-order chi connectivity index (χ0) is 18.0. The number of urea groups is 1. The third-order valence-corrected chi connectivity index (χ3v) is 4.47. The van der Waals surface area contributed by atoms with Gasteiger partial charge in [0.2, 0.25) is 0 Å². The predicted molar refractivity (Wildman–Crippen MR) is 93.7 cm³/mol. The molecule has 8 heteroatoms. The van der Waals surface area contributed by atoms with E-state index in [1.165, 1.54) is 4.90 Å². The Labute approximate surface area is 151 Å². The summed E-state index contributed by atoms with van der Waals surface area (Å²) in [6, 6.07) is 6.91. The van der Waals surface area contributed by atoms with Gasteiger partial charge in [-0.1, -0.05) is 23.7 Å². The van der Waals surface area contributed by atoms with Gasteiger partial charge in [0.1, 0.15) is 5.82 Å². The van der Waals surface area contributed by atoms with Crippen molar-refractivity contribution in [3.05, 3.63) is 52.1 Å². The largest absolute Gasteiger partial charge is 0.332 e. The van der Waals surface area contributed by atoms with Gasteiger partial charge in [0.25, 0.3) is 0 Å². The summed E-state index contributed by atoms with van der Waals surface area (Å²) in [5.74, 6) is -0.352. The fourth-order valence-corrected chi connectivity index (χ4v) is 3.03. The second kappa shape index (κ2) is 7.41. The highest BCUT2D eigenvalue weighted by Gasteiger charge is 2.20. The number of carbonyl (C=O) groups excluding carboxylic acids is 1. The molecule has 134 valence electrons. The van der Waals surface area contributed by atoms with E-state index in [0.29, 0.717) is 25.2 Å². The Kier molecular flexibility index (Phi) is 5.24. The number of halogens is 2. The van der Waals surface area contributed by atoms with Crippen LogP contribution in [-0.4, -0.2) is 46.3 Å². The number of nitrogens with zero attached hydrogens (tertiary/aromatic N) is 4. The quantitative estimate of drug-likeness (QED) is 0.905. The summed E-state index contributed by atoms with van der Waals surface area (Å²) in [7, 11) is 3.39. The van der Waals surface area contributed by atoms with E-state index in [-0.39, 0.29) is 16.9 Å². The first-order valence-corrected chi connectivity index (χ1v) is 8.48. The topological polar surface area (TPSA) is 53.4 Å². The maximum absolute atomic E-state index is 14.1. The molecule has 1 aromatic heterocycles. The van der Waals surface area contributed by atoms with Crippen molar-refractivity contribution in [3.63, 3.8) is 0 Å². The second-order valence-electron chi connectivity index (χ2n) is 6.33. The number of fused-ring (bicyclic) bond motifs is 1. The molecule has 0 fully saturated rings. The molecule has 6 nitrogen and oxygen atoms in total. The number of benzene rings is 1. The summed E-state index contributed by atoms with van der Waals surface area (Å²) in [6.07, 6.45) is 0. The minimum Gasteiger partial charge on any atom is -0.332 e. The maximum Gasteiger partial charge on any atom is 0.317 e. The number of nitrogens with one attached hydrogen (secondary N) is 1. The van der Waals surface area contributed by atoms with Crippen molar-refractivity contribution in [2.45, 2.75) is 26.2 Å². The molecule has 0 unspecified atom stereocenters. The minimum absolute atomic E-state index is 0.149. The monoisotopic (exact) mass is 365 g/mol. The summed E-state index contributed by atoms with van der Waals surface area (Å²) >= 11 is 5.85. The van der Waals surface area contributed by atoms with Gasteiger partial charge in [-0.2, -0.15) is 5.10 Å². The van der Waals surface area contributed by atoms with Crippen molar-refractivity contribution in [2.24, 2.45) is 0 Å². The van der Waals surface area contributed by atoms with Crippen LogP contribution in [0.15, 0.2) is 24.3 Å². The number of amides is 2. The van der Waals surface area contributed by atoms with Gasteiger partial charge in [-0.25, -0.2) is 9.18 Å². The number of carbonyl (C=O) groups is 1. The molecule has 0 aliphatic carbocycles. The summed E-state index contributed by atoms with van der Waals surface area (Å²) in [4.78, 5) is 15.2. The molecule has 3 rings (SSSR count). The van der Waals surface area contributed by atoms with Crippen LogP contribution >= 0.6 is 11.6 Å². The Balaban J connectivity index is 1.63. The van der Waals surface area contributed by atoms with Gasteiger partial charge in [0.15, 0.2) is 0 Å². The van der Waals surface area contributed by atoms with E-state index in [9.17, 15) is 9.18 Å². The first-order valence-electron chi connectivity index (χ1n) is 8.10. The van der Waals surface area contributed by atoms with Gasteiger partial charge in [0.05, 0.1) is 29.5 Å². The zero-order valence-corrected chi connectivity index (χ0v) is 15.1. The average Bonchev–Trinajstić information content (AvgIpc) is 2.99. The van der Waals surface area contributed by atoms with Gasteiger partial charge in [-0.3, -0.25) is 9.58 Å². The van der Waals surface area contributed by atoms with Crippen LogP contribution in [-0.2, 0) is 26.2 Å². The average molecular weight is 366 g/mol. The molecule has 1 aromatic carbocycles. The third-order valence-electron chi connectivity index (χ3n) is 4.18. The molecular weight excluding hydrogens is 345 g/mol. The first-order chi connectivity index (χ1) is 11.9. The number of hydrogen-bond donors (Lipinski definition) is 1. The first kappa shape index (κ1) is 17.7. The van der Waals surface area contributed by atoms with E-state index in [1.807, 2.05) is 10.7 Å². The van der Waals surface area contributed by atoms with Crippen LogP contribution in [0, 0.1) is 5.82 Å². The van der Waals surface area contributed by atoms with Crippen molar-refractivity contribution in [2.75, 3.05) is 20.6 Å². The third kappa shape index (κ3) is 4.11. The fourth-order valence-electron chi connectivity index (χ4n) is 2.84. The number of aromatic nitrogens is 2. The molecule has 1 aliphatic heterocycles. The molecule has 1 aliphatic rings. The minimum atomic E-state index is -0.352. The maximum atomic E-state index is 14.1.